The molecule has 7 heteroatoms. The number of hydrogen-bond donors (Lipinski definition) is 4. The molecule has 22 heavy (non-hydrogen) atoms. The maximum Gasteiger partial charge on any atom is 0.163 e. The summed E-state index contributed by atoms with van der Waals surface area (Å²) in [4.78, 5) is 11.2. The monoisotopic (exact) mass is 307 g/mol. The number of aliphatic hydroxyl groups excluding tert-OH is 4. The highest BCUT2D eigenvalue weighted by atomic mass is 16.6. The second-order valence-electron chi connectivity index (χ2n) is 5.35. The summed E-state index contributed by atoms with van der Waals surface area (Å²) in [5.74, 6) is 0. The normalized spacial score (nSPS) is 32.3. The highest BCUT2D eigenvalue weighted by molar-refractivity contribution is 5.97. The van der Waals surface area contributed by atoms with Crippen LogP contribution in [0.3, 0.4) is 0 Å². The summed E-state index contributed by atoms with van der Waals surface area (Å²) in [6.45, 7) is -0.499. The second kappa shape index (κ2) is 5.79. The lowest BCUT2D eigenvalue weighted by atomic mass is 9.98. The van der Waals surface area contributed by atoms with Crippen LogP contribution in [0.4, 0.5) is 0 Å². The third-order valence-electron chi connectivity index (χ3n) is 4.04. The Morgan fingerprint density at radius 2 is 1.86 bits per heavy atom. The average molecular weight is 307 g/mol. The number of benzene rings is 1. The van der Waals surface area contributed by atoms with Gasteiger partial charge in [-0.05, 0) is 6.07 Å². The van der Waals surface area contributed by atoms with E-state index < -0.39 is 37.3 Å². The van der Waals surface area contributed by atoms with Crippen molar-refractivity contribution in [3.05, 3.63) is 36.0 Å². The molecule has 0 radical (unpaired) electrons. The molecule has 5 atom stereocenters. The number of carbonyl (C=O) groups excluding carboxylic acids is 1. The van der Waals surface area contributed by atoms with Crippen molar-refractivity contribution >= 4 is 17.2 Å². The van der Waals surface area contributed by atoms with Crippen molar-refractivity contribution in [2.45, 2.75) is 30.6 Å². The van der Waals surface area contributed by atoms with Crippen LogP contribution < -0.4 is 0 Å². The number of aldehydes is 1. The molecule has 5 unspecified atom stereocenters. The highest BCUT2D eigenvalue weighted by Gasteiger charge is 2.44. The zero-order chi connectivity index (χ0) is 15.9. The van der Waals surface area contributed by atoms with Gasteiger partial charge in [-0.1, -0.05) is 18.2 Å². The minimum Gasteiger partial charge on any atom is -0.394 e. The number of nitrogens with zero attached hydrogens (tertiary/aromatic N) is 1. The smallest absolute Gasteiger partial charge is 0.163 e. The first-order chi connectivity index (χ1) is 10.6. The zero-order valence-electron chi connectivity index (χ0n) is 11.6. The lowest BCUT2D eigenvalue weighted by Crippen LogP contribution is -2.56. The Bertz CT molecular complexity index is 682. The van der Waals surface area contributed by atoms with Gasteiger partial charge in [0.15, 0.2) is 12.5 Å². The van der Waals surface area contributed by atoms with Crippen molar-refractivity contribution in [2.24, 2.45) is 0 Å². The van der Waals surface area contributed by atoms with E-state index in [-0.39, 0.29) is 0 Å². The van der Waals surface area contributed by atoms with E-state index >= 15 is 0 Å². The fourth-order valence-corrected chi connectivity index (χ4v) is 2.85. The van der Waals surface area contributed by atoms with Gasteiger partial charge in [0.1, 0.15) is 24.4 Å². The van der Waals surface area contributed by atoms with Gasteiger partial charge in [-0.15, -0.1) is 0 Å². The van der Waals surface area contributed by atoms with Gasteiger partial charge < -0.3 is 29.7 Å². The summed E-state index contributed by atoms with van der Waals surface area (Å²) in [6, 6.07) is 7.08. The molecule has 1 aromatic heterocycles. The maximum absolute atomic E-state index is 11.2. The summed E-state index contributed by atoms with van der Waals surface area (Å²) in [7, 11) is 0. The predicted molar refractivity (Wildman–Crippen MR) is 76.3 cm³/mol. The van der Waals surface area contributed by atoms with Crippen molar-refractivity contribution in [1.82, 2.24) is 4.57 Å². The predicted octanol–water partition coefficient (Wildman–Crippen LogP) is -0.574. The zero-order valence-corrected chi connectivity index (χ0v) is 11.6. The van der Waals surface area contributed by atoms with Gasteiger partial charge in [-0.25, -0.2) is 0 Å². The van der Waals surface area contributed by atoms with Gasteiger partial charge in [-0.2, -0.15) is 0 Å². The molecule has 1 aliphatic heterocycles. The van der Waals surface area contributed by atoms with Gasteiger partial charge >= 0.3 is 0 Å². The molecular weight excluding hydrogens is 290 g/mol. The van der Waals surface area contributed by atoms with Crippen LogP contribution in [-0.4, -0.2) is 62.3 Å². The topological polar surface area (TPSA) is 112 Å². The van der Waals surface area contributed by atoms with Gasteiger partial charge in [0, 0.05) is 17.1 Å². The van der Waals surface area contributed by atoms with Crippen LogP contribution in [-0.2, 0) is 4.74 Å². The van der Waals surface area contributed by atoms with Crippen LogP contribution in [0.15, 0.2) is 30.5 Å². The fourth-order valence-electron chi connectivity index (χ4n) is 2.85. The lowest BCUT2D eigenvalue weighted by Gasteiger charge is -2.40. The molecule has 118 valence electrons. The minimum absolute atomic E-state index is 0.424. The standard InChI is InChI=1S/C15H17NO6/c17-6-8-5-16(10-4-2-1-3-9(8)10)15-14(21)13(20)12(19)11(7-18)22-15/h1-6,11-15,18-21H,7H2. The first-order valence-corrected chi connectivity index (χ1v) is 6.93. The number of aromatic nitrogens is 1. The summed E-state index contributed by atoms with van der Waals surface area (Å²) in [6.07, 6.45) is -4.07. The van der Waals surface area contributed by atoms with Crippen molar-refractivity contribution in [1.29, 1.82) is 0 Å². The largest absolute Gasteiger partial charge is 0.394 e. The summed E-state index contributed by atoms with van der Waals surface area (Å²) < 4.78 is 7.05. The van der Waals surface area contributed by atoms with Gasteiger partial charge in [0.05, 0.1) is 12.1 Å². The first kappa shape index (κ1) is 15.1. The number of para-hydroxylation sites is 1. The number of ether oxygens (including phenoxy) is 1. The first-order valence-electron chi connectivity index (χ1n) is 6.93. The molecule has 0 bridgehead atoms. The van der Waals surface area contributed by atoms with Crippen LogP contribution in [0.1, 0.15) is 16.6 Å². The van der Waals surface area contributed by atoms with E-state index in [9.17, 15) is 25.2 Å². The molecule has 0 aliphatic carbocycles. The Kier molecular flexibility index (Phi) is 3.98. The number of carbonyl (C=O) groups is 1. The van der Waals surface area contributed by atoms with Crippen LogP contribution in [0.25, 0.3) is 10.9 Å². The van der Waals surface area contributed by atoms with Crippen molar-refractivity contribution < 1.29 is 30.0 Å². The SMILES string of the molecule is O=Cc1cn(C2OC(CO)C(O)C(O)C2O)c2ccccc12. The fraction of sp³-hybridized carbons (Fsp3) is 0.400. The van der Waals surface area contributed by atoms with E-state index in [0.29, 0.717) is 22.8 Å². The molecule has 0 amide bonds. The molecule has 1 aliphatic rings. The van der Waals surface area contributed by atoms with Gasteiger partial charge in [-0.3, -0.25) is 4.79 Å². The van der Waals surface area contributed by atoms with Crippen molar-refractivity contribution in [2.75, 3.05) is 6.61 Å². The van der Waals surface area contributed by atoms with E-state index in [0.717, 1.165) is 0 Å². The van der Waals surface area contributed by atoms with E-state index in [2.05, 4.69) is 0 Å². The summed E-state index contributed by atoms with van der Waals surface area (Å²) >= 11 is 0. The van der Waals surface area contributed by atoms with Crippen LogP contribution in [0, 0.1) is 0 Å². The molecule has 0 spiro atoms. The third-order valence-corrected chi connectivity index (χ3v) is 4.04. The Morgan fingerprint density at radius 3 is 2.55 bits per heavy atom. The quantitative estimate of drug-likeness (QED) is 0.565. The van der Waals surface area contributed by atoms with Crippen molar-refractivity contribution in [3.63, 3.8) is 0 Å². The van der Waals surface area contributed by atoms with E-state index in [1.165, 1.54) is 10.8 Å². The average Bonchev–Trinajstić information content (AvgIpc) is 2.92. The van der Waals surface area contributed by atoms with E-state index in [4.69, 9.17) is 4.74 Å². The van der Waals surface area contributed by atoms with E-state index in [1.807, 2.05) is 0 Å². The minimum atomic E-state index is -1.46. The third kappa shape index (κ3) is 2.23. The molecule has 0 saturated carbocycles. The maximum atomic E-state index is 11.2. The summed E-state index contributed by atoms with van der Waals surface area (Å²) in [5, 5.41) is 39.8. The number of hydrogen-bond acceptors (Lipinski definition) is 6. The Labute approximate surface area is 126 Å². The highest BCUT2D eigenvalue weighted by Crippen LogP contribution is 2.32. The van der Waals surface area contributed by atoms with Gasteiger partial charge in [0.25, 0.3) is 0 Å². The van der Waals surface area contributed by atoms with Crippen LogP contribution >= 0.6 is 0 Å². The molecule has 1 saturated heterocycles. The van der Waals surface area contributed by atoms with E-state index in [1.54, 1.807) is 24.3 Å². The van der Waals surface area contributed by atoms with Crippen LogP contribution in [0.5, 0.6) is 0 Å². The molecule has 2 aromatic rings. The molecule has 2 heterocycles. The molecule has 4 N–H and O–H groups in total. The molecule has 7 nitrogen and oxygen atoms in total. The Hall–Kier alpha value is -1.77. The summed E-state index contributed by atoms with van der Waals surface area (Å²) in [5.41, 5.74) is 1.07. The number of fused-ring (bicyclic) bond motifs is 1. The molecule has 3 rings (SSSR count). The Morgan fingerprint density at radius 1 is 1.14 bits per heavy atom. The van der Waals surface area contributed by atoms with Gasteiger partial charge in [0.2, 0.25) is 0 Å². The number of rotatable bonds is 3. The molecule has 1 fully saturated rings. The van der Waals surface area contributed by atoms with Crippen molar-refractivity contribution in [3.8, 4) is 0 Å². The van der Waals surface area contributed by atoms with Crippen LogP contribution in [0.2, 0.25) is 0 Å². The second-order valence-corrected chi connectivity index (χ2v) is 5.35. The molecular formula is C15H17NO6. The molecule has 1 aromatic carbocycles. The number of aliphatic hydroxyl groups is 4. The lowest BCUT2D eigenvalue weighted by molar-refractivity contribution is -0.250. The Balaban J connectivity index is 2.08.